The Balaban J connectivity index is 2.39. The lowest BCUT2D eigenvalue weighted by molar-refractivity contribution is 1.03. The minimum absolute atomic E-state index is 1.21. The highest BCUT2D eigenvalue weighted by Crippen LogP contribution is 2.35. The van der Waals surface area contributed by atoms with Gasteiger partial charge in [0.05, 0.1) is 5.52 Å². The van der Waals surface area contributed by atoms with Gasteiger partial charge in [-0.2, -0.15) is 0 Å². The second-order valence-corrected chi connectivity index (χ2v) is 4.32. The molecule has 15 heavy (non-hydrogen) atoms. The SMILES string of the molecule is c1cc2c3c(cc4cc[nH]c4c3c1)CC2. The van der Waals surface area contributed by atoms with Gasteiger partial charge in [0.1, 0.15) is 0 Å². The van der Waals surface area contributed by atoms with Crippen LogP contribution >= 0.6 is 0 Å². The first-order valence-electron chi connectivity index (χ1n) is 5.44. The van der Waals surface area contributed by atoms with Crippen molar-refractivity contribution in [3.8, 4) is 0 Å². The molecular weight excluding hydrogens is 182 g/mol. The fourth-order valence-electron chi connectivity index (χ4n) is 2.86. The van der Waals surface area contributed by atoms with Crippen LogP contribution in [-0.4, -0.2) is 4.98 Å². The van der Waals surface area contributed by atoms with Crippen molar-refractivity contribution in [2.24, 2.45) is 0 Å². The van der Waals surface area contributed by atoms with E-state index in [1.165, 1.54) is 45.6 Å². The molecule has 0 unspecified atom stereocenters. The third-order valence-corrected chi connectivity index (χ3v) is 3.51. The minimum Gasteiger partial charge on any atom is -0.361 e. The van der Waals surface area contributed by atoms with Gasteiger partial charge in [0.15, 0.2) is 0 Å². The maximum atomic E-state index is 3.34. The Labute approximate surface area is 87.7 Å². The van der Waals surface area contributed by atoms with Crippen molar-refractivity contribution < 1.29 is 0 Å². The second kappa shape index (κ2) is 2.43. The predicted molar refractivity (Wildman–Crippen MR) is 63.2 cm³/mol. The van der Waals surface area contributed by atoms with E-state index >= 15 is 0 Å². The van der Waals surface area contributed by atoms with Crippen LogP contribution in [0.2, 0.25) is 0 Å². The number of H-pyrrole nitrogens is 1. The van der Waals surface area contributed by atoms with E-state index in [0.29, 0.717) is 0 Å². The average molecular weight is 193 g/mol. The summed E-state index contributed by atoms with van der Waals surface area (Å²) < 4.78 is 0. The average Bonchev–Trinajstić information content (AvgIpc) is 2.87. The van der Waals surface area contributed by atoms with E-state index in [1.807, 2.05) is 6.20 Å². The first-order chi connectivity index (χ1) is 7.43. The van der Waals surface area contributed by atoms with Gasteiger partial charge in [-0.25, -0.2) is 0 Å². The van der Waals surface area contributed by atoms with E-state index in [4.69, 9.17) is 0 Å². The summed E-state index contributed by atoms with van der Waals surface area (Å²) in [7, 11) is 0. The van der Waals surface area contributed by atoms with Crippen molar-refractivity contribution >= 4 is 21.7 Å². The predicted octanol–water partition coefficient (Wildman–Crippen LogP) is 3.42. The lowest BCUT2D eigenvalue weighted by Crippen LogP contribution is -1.80. The monoisotopic (exact) mass is 193 g/mol. The van der Waals surface area contributed by atoms with Crippen LogP contribution in [0.3, 0.4) is 0 Å². The lowest BCUT2D eigenvalue weighted by Gasteiger charge is -2.03. The largest absolute Gasteiger partial charge is 0.361 e. The van der Waals surface area contributed by atoms with Crippen LogP contribution in [0.1, 0.15) is 11.1 Å². The van der Waals surface area contributed by atoms with E-state index in [9.17, 15) is 0 Å². The van der Waals surface area contributed by atoms with Gasteiger partial charge in [-0.05, 0) is 41.5 Å². The highest BCUT2D eigenvalue weighted by Gasteiger charge is 2.15. The zero-order valence-electron chi connectivity index (χ0n) is 8.38. The number of aromatic amines is 1. The van der Waals surface area contributed by atoms with E-state index in [2.05, 4.69) is 35.3 Å². The molecule has 0 radical (unpaired) electrons. The van der Waals surface area contributed by atoms with Crippen LogP contribution < -0.4 is 0 Å². The number of hydrogen-bond acceptors (Lipinski definition) is 0. The molecule has 1 aromatic heterocycles. The molecule has 0 saturated heterocycles. The molecule has 0 saturated carbocycles. The van der Waals surface area contributed by atoms with Crippen molar-refractivity contribution in [1.82, 2.24) is 4.98 Å². The van der Waals surface area contributed by atoms with Crippen LogP contribution in [0, 0.1) is 0 Å². The Morgan fingerprint density at radius 3 is 2.93 bits per heavy atom. The molecule has 1 aliphatic carbocycles. The Bertz CT molecular complexity index is 676. The number of aryl methyl sites for hydroxylation is 2. The molecule has 1 heterocycles. The number of benzene rings is 2. The summed E-state index contributed by atoms with van der Waals surface area (Å²) in [6, 6.07) is 11.2. The molecule has 0 atom stereocenters. The second-order valence-electron chi connectivity index (χ2n) is 4.32. The van der Waals surface area contributed by atoms with Gasteiger partial charge in [-0.15, -0.1) is 0 Å². The van der Waals surface area contributed by atoms with Crippen LogP contribution in [0.15, 0.2) is 36.5 Å². The van der Waals surface area contributed by atoms with Crippen LogP contribution in [0.25, 0.3) is 21.7 Å². The molecule has 0 amide bonds. The molecule has 3 aromatic rings. The number of fused-ring (bicyclic) bond motifs is 2. The third-order valence-electron chi connectivity index (χ3n) is 3.51. The topological polar surface area (TPSA) is 15.8 Å². The summed E-state index contributed by atoms with van der Waals surface area (Å²) in [6.45, 7) is 0. The number of rotatable bonds is 0. The number of nitrogens with one attached hydrogen (secondary N) is 1. The summed E-state index contributed by atoms with van der Waals surface area (Å²) in [5, 5.41) is 4.23. The van der Waals surface area contributed by atoms with Gasteiger partial charge in [0.2, 0.25) is 0 Å². The van der Waals surface area contributed by atoms with Crippen LogP contribution in [0.5, 0.6) is 0 Å². The van der Waals surface area contributed by atoms with E-state index in [1.54, 1.807) is 0 Å². The molecule has 2 aromatic carbocycles. The van der Waals surface area contributed by atoms with E-state index in [0.717, 1.165) is 0 Å². The van der Waals surface area contributed by atoms with Crippen molar-refractivity contribution in [3.63, 3.8) is 0 Å². The zero-order valence-corrected chi connectivity index (χ0v) is 8.38. The summed E-state index contributed by atoms with van der Waals surface area (Å²) in [6.07, 6.45) is 4.44. The summed E-state index contributed by atoms with van der Waals surface area (Å²) in [5.74, 6) is 0. The van der Waals surface area contributed by atoms with Crippen molar-refractivity contribution in [1.29, 1.82) is 0 Å². The first-order valence-corrected chi connectivity index (χ1v) is 5.44. The van der Waals surface area contributed by atoms with Gasteiger partial charge in [0, 0.05) is 17.0 Å². The van der Waals surface area contributed by atoms with Gasteiger partial charge >= 0.3 is 0 Å². The van der Waals surface area contributed by atoms with E-state index < -0.39 is 0 Å². The molecule has 0 fully saturated rings. The van der Waals surface area contributed by atoms with Crippen molar-refractivity contribution in [3.05, 3.63) is 47.7 Å². The first kappa shape index (κ1) is 7.52. The molecule has 0 bridgehead atoms. The molecule has 1 heteroatoms. The van der Waals surface area contributed by atoms with Crippen molar-refractivity contribution in [2.45, 2.75) is 12.8 Å². The van der Waals surface area contributed by atoms with Gasteiger partial charge in [0.25, 0.3) is 0 Å². The third kappa shape index (κ3) is 0.834. The van der Waals surface area contributed by atoms with Crippen LogP contribution in [-0.2, 0) is 12.8 Å². The Morgan fingerprint density at radius 2 is 1.93 bits per heavy atom. The highest BCUT2D eigenvalue weighted by atomic mass is 14.7. The Morgan fingerprint density at radius 1 is 1.00 bits per heavy atom. The molecule has 0 aliphatic heterocycles. The number of aromatic nitrogens is 1. The highest BCUT2D eigenvalue weighted by molar-refractivity contribution is 6.09. The Kier molecular flexibility index (Phi) is 1.22. The zero-order chi connectivity index (χ0) is 9.83. The van der Waals surface area contributed by atoms with E-state index in [-0.39, 0.29) is 0 Å². The quantitative estimate of drug-likeness (QED) is 0.563. The minimum atomic E-state index is 1.21. The molecule has 1 aliphatic rings. The fraction of sp³-hybridized carbons (Fsp3) is 0.143. The van der Waals surface area contributed by atoms with Crippen LogP contribution in [0.4, 0.5) is 0 Å². The lowest BCUT2D eigenvalue weighted by atomic mass is 10.0. The van der Waals surface area contributed by atoms with Gasteiger partial charge in [-0.1, -0.05) is 18.2 Å². The smallest absolute Gasteiger partial charge is 0.0533 e. The molecule has 0 spiro atoms. The molecule has 72 valence electrons. The maximum absolute atomic E-state index is 3.34. The van der Waals surface area contributed by atoms with Gasteiger partial charge in [-0.3, -0.25) is 0 Å². The Hall–Kier alpha value is -1.76. The standard InChI is InChI=1S/C14H11N/c1-2-9-4-5-10-8-11-6-7-15-14(11)12(3-1)13(9)10/h1-3,6-8,15H,4-5H2. The summed E-state index contributed by atoms with van der Waals surface area (Å²) in [5.41, 5.74) is 4.32. The molecular formula is C14H11N. The number of hydrogen-bond donors (Lipinski definition) is 1. The maximum Gasteiger partial charge on any atom is 0.0533 e. The molecule has 1 nitrogen and oxygen atoms in total. The van der Waals surface area contributed by atoms with Crippen molar-refractivity contribution in [2.75, 3.05) is 0 Å². The summed E-state index contributed by atoms with van der Waals surface area (Å²) in [4.78, 5) is 3.34. The fourth-order valence-corrected chi connectivity index (χ4v) is 2.86. The van der Waals surface area contributed by atoms with Gasteiger partial charge < -0.3 is 4.98 Å². The summed E-state index contributed by atoms with van der Waals surface area (Å²) >= 11 is 0. The normalized spacial score (nSPS) is 14.1. The molecule has 4 rings (SSSR count). The molecule has 1 N–H and O–H groups in total.